The van der Waals surface area contributed by atoms with E-state index < -0.39 is 18.0 Å². The third-order valence-electron chi connectivity index (χ3n) is 5.20. The number of ether oxygens (including phenoxy) is 1. The van der Waals surface area contributed by atoms with Crippen LogP contribution in [0.15, 0.2) is 47.1 Å². The first-order valence-electron chi connectivity index (χ1n) is 10.3. The second-order valence-corrected chi connectivity index (χ2v) is 7.62. The molecule has 2 aromatic heterocycles. The largest absolute Gasteiger partial charge is 0.471 e. The number of nitrogens with zero attached hydrogens (tertiary/aromatic N) is 4. The summed E-state index contributed by atoms with van der Waals surface area (Å²) in [6.45, 7) is 3.02. The molecule has 1 aliphatic rings. The van der Waals surface area contributed by atoms with E-state index in [-0.39, 0.29) is 42.1 Å². The number of pyridine rings is 1. The van der Waals surface area contributed by atoms with E-state index in [0.29, 0.717) is 18.7 Å². The molecule has 0 spiro atoms. The molecule has 0 unspecified atom stereocenters. The van der Waals surface area contributed by atoms with Crippen molar-refractivity contribution in [3.05, 3.63) is 65.3 Å². The zero-order valence-electron chi connectivity index (χ0n) is 18.0. The number of halogens is 3. The molecule has 0 radical (unpaired) electrons. The van der Waals surface area contributed by atoms with Gasteiger partial charge in [0.05, 0.1) is 19.3 Å². The number of aromatic nitrogens is 3. The first-order valence-corrected chi connectivity index (χ1v) is 10.3. The van der Waals surface area contributed by atoms with Crippen LogP contribution in [0.4, 0.5) is 13.2 Å². The maximum absolute atomic E-state index is 13.0. The Bertz CT molecular complexity index is 1180. The highest BCUT2D eigenvalue weighted by Gasteiger charge is 2.38. The monoisotopic (exact) mass is 475 g/mol. The Morgan fingerprint density at radius 2 is 1.94 bits per heavy atom. The van der Waals surface area contributed by atoms with E-state index in [1.54, 1.807) is 30.2 Å². The molecule has 0 saturated carbocycles. The molecule has 1 fully saturated rings. The smallest absolute Gasteiger partial charge is 0.377 e. The Hall–Kier alpha value is -3.80. The van der Waals surface area contributed by atoms with Crippen LogP contribution < -0.4 is 5.32 Å². The Kier molecular flexibility index (Phi) is 6.59. The van der Waals surface area contributed by atoms with Crippen LogP contribution in [0, 0.1) is 6.92 Å². The molecule has 1 saturated heterocycles. The SMILES string of the molecule is Cc1cc(C(=O)N2CCOC[C@@H]2CNC(=O)c2ccc(-c3noc(C(F)(F)F)n3)cc2)ccn1. The van der Waals surface area contributed by atoms with E-state index in [1.165, 1.54) is 24.3 Å². The molecule has 2 amide bonds. The molecule has 1 aromatic carbocycles. The van der Waals surface area contributed by atoms with E-state index >= 15 is 0 Å². The van der Waals surface area contributed by atoms with Crippen molar-refractivity contribution in [2.45, 2.75) is 19.1 Å². The lowest BCUT2D eigenvalue weighted by Crippen LogP contribution is -2.53. The van der Waals surface area contributed by atoms with E-state index in [2.05, 4.69) is 25.0 Å². The fourth-order valence-electron chi connectivity index (χ4n) is 3.47. The molecule has 4 rings (SSSR count). The molecular formula is C22H20F3N5O4. The number of benzene rings is 1. The molecule has 178 valence electrons. The molecule has 9 nitrogen and oxygen atoms in total. The molecule has 0 aliphatic carbocycles. The fraction of sp³-hybridized carbons (Fsp3) is 0.318. The maximum Gasteiger partial charge on any atom is 0.471 e. The Labute approximate surface area is 191 Å². The van der Waals surface area contributed by atoms with Crippen molar-refractivity contribution < 1.29 is 32.0 Å². The van der Waals surface area contributed by atoms with Gasteiger partial charge in [-0.3, -0.25) is 14.6 Å². The van der Waals surface area contributed by atoms with Gasteiger partial charge in [0.15, 0.2) is 0 Å². The summed E-state index contributed by atoms with van der Waals surface area (Å²) in [7, 11) is 0. The zero-order chi connectivity index (χ0) is 24.3. The molecule has 1 atom stereocenters. The summed E-state index contributed by atoms with van der Waals surface area (Å²) >= 11 is 0. The Morgan fingerprint density at radius 1 is 1.18 bits per heavy atom. The minimum Gasteiger partial charge on any atom is -0.377 e. The molecule has 1 N–H and O–H groups in total. The van der Waals surface area contributed by atoms with E-state index in [9.17, 15) is 22.8 Å². The summed E-state index contributed by atoms with van der Waals surface area (Å²) in [6.07, 6.45) is -3.17. The van der Waals surface area contributed by atoms with Crippen LogP contribution >= 0.6 is 0 Å². The molecule has 3 aromatic rings. The van der Waals surface area contributed by atoms with Crippen molar-refractivity contribution in [3.63, 3.8) is 0 Å². The predicted octanol–water partition coefficient (Wildman–Crippen LogP) is 2.73. The highest BCUT2D eigenvalue weighted by molar-refractivity contribution is 5.95. The van der Waals surface area contributed by atoms with Crippen LogP contribution in [-0.2, 0) is 10.9 Å². The highest BCUT2D eigenvalue weighted by atomic mass is 19.4. The van der Waals surface area contributed by atoms with Gasteiger partial charge in [0.25, 0.3) is 11.8 Å². The third-order valence-corrected chi connectivity index (χ3v) is 5.20. The van der Waals surface area contributed by atoms with Gasteiger partial charge in [-0.2, -0.15) is 18.2 Å². The minimum absolute atomic E-state index is 0.163. The second-order valence-electron chi connectivity index (χ2n) is 7.62. The maximum atomic E-state index is 13.0. The number of carbonyl (C=O) groups excluding carboxylic acids is 2. The summed E-state index contributed by atoms with van der Waals surface area (Å²) in [5.74, 6) is -2.26. The van der Waals surface area contributed by atoms with Crippen molar-refractivity contribution in [1.29, 1.82) is 0 Å². The number of amides is 2. The van der Waals surface area contributed by atoms with Crippen LogP contribution in [0.25, 0.3) is 11.4 Å². The second kappa shape index (κ2) is 9.59. The lowest BCUT2D eigenvalue weighted by molar-refractivity contribution is -0.159. The molecule has 0 bridgehead atoms. The average molecular weight is 475 g/mol. The normalized spacial score (nSPS) is 16.4. The van der Waals surface area contributed by atoms with Crippen LogP contribution in [0.1, 0.15) is 32.3 Å². The number of hydrogen-bond acceptors (Lipinski definition) is 7. The van der Waals surface area contributed by atoms with Gasteiger partial charge in [-0.25, -0.2) is 0 Å². The first-order chi connectivity index (χ1) is 16.2. The third kappa shape index (κ3) is 5.22. The van der Waals surface area contributed by atoms with Gasteiger partial charge in [-0.05, 0) is 31.2 Å². The van der Waals surface area contributed by atoms with E-state index in [0.717, 1.165) is 5.69 Å². The van der Waals surface area contributed by atoms with Crippen molar-refractivity contribution >= 4 is 11.8 Å². The van der Waals surface area contributed by atoms with Crippen molar-refractivity contribution in [2.75, 3.05) is 26.3 Å². The first kappa shape index (κ1) is 23.4. The summed E-state index contributed by atoms with van der Waals surface area (Å²) in [4.78, 5) is 34.6. The number of morpholine rings is 1. The molecule has 1 aliphatic heterocycles. The lowest BCUT2D eigenvalue weighted by atomic mass is 10.1. The van der Waals surface area contributed by atoms with Gasteiger partial charge in [-0.15, -0.1) is 0 Å². The molecule has 12 heteroatoms. The Morgan fingerprint density at radius 3 is 2.62 bits per heavy atom. The van der Waals surface area contributed by atoms with Crippen LogP contribution in [0.2, 0.25) is 0 Å². The number of carbonyl (C=O) groups is 2. The number of aryl methyl sites for hydroxylation is 1. The van der Waals surface area contributed by atoms with Crippen LogP contribution in [-0.4, -0.2) is 64.2 Å². The fourth-order valence-corrected chi connectivity index (χ4v) is 3.47. The van der Waals surface area contributed by atoms with Crippen LogP contribution in [0.3, 0.4) is 0 Å². The number of nitrogens with one attached hydrogen (secondary N) is 1. The standard InChI is InChI=1S/C22H20F3N5O4/c1-13-10-16(6-7-26-13)20(32)30-8-9-33-12-17(30)11-27-19(31)15-4-2-14(3-5-15)18-28-21(34-29-18)22(23,24)25/h2-7,10,17H,8-9,11-12H2,1H3,(H,27,31)/t17-/m0/s1. The van der Waals surface area contributed by atoms with Crippen molar-refractivity contribution in [3.8, 4) is 11.4 Å². The minimum atomic E-state index is -4.74. The van der Waals surface area contributed by atoms with E-state index in [1.807, 2.05) is 0 Å². The van der Waals surface area contributed by atoms with Gasteiger partial charge < -0.3 is 19.5 Å². The van der Waals surface area contributed by atoms with Gasteiger partial charge >= 0.3 is 12.1 Å². The number of alkyl halides is 3. The van der Waals surface area contributed by atoms with Gasteiger partial charge in [0.2, 0.25) is 5.82 Å². The Balaban J connectivity index is 1.39. The summed E-state index contributed by atoms with van der Waals surface area (Å²) in [5.41, 5.74) is 1.78. The highest BCUT2D eigenvalue weighted by Crippen LogP contribution is 2.29. The van der Waals surface area contributed by atoms with Crippen LogP contribution in [0.5, 0.6) is 0 Å². The van der Waals surface area contributed by atoms with Crippen molar-refractivity contribution in [2.24, 2.45) is 0 Å². The molecule has 3 heterocycles. The quantitative estimate of drug-likeness (QED) is 0.604. The lowest BCUT2D eigenvalue weighted by Gasteiger charge is -2.35. The summed E-state index contributed by atoms with van der Waals surface area (Å²) in [6, 6.07) is 8.71. The van der Waals surface area contributed by atoms with Gasteiger partial charge in [0.1, 0.15) is 0 Å². The molecule has 34 heavy (non-hydrogen) atoms. The average Bonchev–Trinajstić information content (AvgIpc) is 3.33. The summed E-state index contributed by atoms with van der Waals surface area (Å²) < 4.78 is 47.6. The number of rotatable bonds is 5. The van der Waals surface area contributed by atoms with Crippen molar-refractivity contribution in [1.82, 2.24) is 25.3 Å². The predicted molar refractivity (Wildman–Crippen MR) is 112 cm³/mol. The zero-order valence-corrected chi connectivity index (χ0v) is 18.0. The van der Waals surface area contributed by atoms with Gasteiger partial charge in [0, 0.05) is 41.7 Å². The number of hydrogen-bond donors (Lipinski definition) is 1. The topological polar surface area (TPSA) is 110 Å². The molecular weight excluding hydrogens is 455 g/mol. The van der Waals surface area contributed by atoms with E-state index in [4.69, 9.17) is 4.74 Å². The summed E-state index contributed by atoms with van der Waals surface area (Å²) in [5, 5.41) is 6.09. The van der Waals surface area contributed by atoms with Gasteiger partial charge in [-0.1, -0.05) is 17.3 Å².